The van der Waals surface area contributed by atoms with Crippen molar-refractivity contribution in [1.29, 1.82) is 0 Å². The fourth-order valence-electron chi connectivity index (χ4n) is 1.98. The van der Waals surface area contributed by atoms with Gasteiger partial charge in [-0.1, -0.05) is 30.3 Å². The van der Waals surface area contributed by atoms with Crippen LogP contribution in [0.3, 0.4) is 0 Å². The van der Waals surface area contributed by atoms with E-state index in [0.717, 1.165) is 5.56 Å². The van der Waals surface area contributed by atoms with Gasteiger partial charge in [0.05, 0.1) is 25.7 Å². The molecule has 1 atom stereocenters. The molecule has 1 aromatic carbocycles. The molecule has 0 saturated heterocycles. The highest BCUT2D eigenvalue weighted by atomic mass is 16.4. The van der Waals surface area contributed by atoms with E-state index in [-0.39, 0.29) is 6.54 Å². The summed E-state index contributed by atoms with van der Waals surface area (Å²) in [6.45, 7) is -1.74. The molecule has 0 aliphatic carbocycles. The van der Waals surface area contributed by atoms with Crippen molar-refractivity contribution in [2.45, 2.75) is 12.5 Å². The van der Waals surface area contributed by atoms with E-state index < -0.39 is 55.3 Å². The third-order valence-electron chi connectivity index (χ3n) is 3.39. The molecular weight excluding hydrogens is 370 g/mol. The summed E-state index contributed by atoms with van der Waals surface area (Å²) in [5.41, 5.74) is 6.67. The molecule has 0 bridgehead atoms. The molecule has 1 rings (SSSR count). The summed E-state index contributed by atoms with van der Waals surface area (Å²) in [4.78, 5) is 56.6. The van der Waals surface area contributed by atoms with E-state index in [1.54, 1.807) is 0 Å². The first-order chi connectivity index (χ1) is 13.3. The monoisotopic (exact) mass is 393 g/mol. The van der Waals surface area contributed by atoms with E-state index in [1.807, 2.05) is 30.3 Å². The van der Waals surface area contributed by atoms with Crippen molar-refractivity contribution in [3.63, 3.8) is 0 Å². The minimum absolute atomic E-state index is 0.320. The normalized spacial score (nSPS) is 11.0. The van der Waals surface area contributed by atoms with Crippen LogP contribution in [-0.2, 0) is 30.4 Å². The highest BCUT2D eigenvalue weighted by molar-refractivity contribution is 5.91. The maximum absolute atomic E-state index is 11.9. The van der Waals surface area contributed by atoms with Crippen molar-refractivity contribution in [2.75, 3.05) is 26.2 Å². The quantitative estimate of drug-likeness (QED) is 0.233. The second kappa shape index (κ2) is 12.0. The first-order valence-electron chi connectivity index (χ1n) is 8.37. The number of nitrogens with one attached hydrogen (secondary N) is 4. The fraction of sp³-hybridized carbons (Fsp3) is 0.353. The van der Waals surface area contributed by atoms with Gasteiger partial charge in [-0.2, -0.15) is 0 Å². The molecule has 28 heavy (non-hydrogen) atoms. The Morgan fingerprint density at radius 3 is 1.75 bits per heavy atom. The Bertz CT molecular complexity index is 709. The van der Waals surface area contributed by atoms with E-state index in [2.05, 4.69) is 21.3 Å². The molecule has 0 fully saturated rings. The van der Waals surface area contributed by atoms with Crippen LogP contribution in [-0.4, -0.2) is 66.9 Å². The molecule has 4 amide bonds. The number of hydrogen-bond donors (Lipinski definition) is 6. The summed E-state index contributed by atoms with van der Waals surface area (Å²) in [5, 5.41) is 17.3. The number of hydrogen-bond acceptors (Lipinski definition) is 6. The van der Waals surface area contributed by atoms with Crippen molar-refractivity contribution in [3.05, 3.63) is 35.9 Å². The summed E-state index contributed by atoms with van der Waals surface area (Å²) < 4.78 is 0. The number of carbonyl (C=O) groups excluding carboxylic acids is 4. The number of benzene rings is 1. The van der Waals surface area contributed by atoms with Crippen molar-refractivity contribution >= 4 is 29.6 Å². The van der Waals surface area contributed by atoms with Crippen LogP contribution in [0.4, 0.5) is 0 Å². The molecule has 152 valence electrons. The SMILES string of the molecule is NC(Cc1ccccc1)C(=O)NCC(=O)NCC(=O)NCC(=O)NCC(=O)O. The molecule has 1 aromatic rings. The maximum Gasteiger partial charge on any atom is 0.322 e. The molecule has 0 aromatic heterocycles. The van der Waals surface area contributed by atoms with Crippen LogP contribution in [0.25, 0.3) is 0 Å². The van der Waals surface area contributed by atoms with Crippen molar-refractivity contribution < 1.29 is 29.1 Å². The lowest BCUT2D eigenvalue weighted by Crippen LogP contribution is -2.47. The molecule has 0 saturated carbocycles. The Hall–Kier alpha value is -3.47. The van der Waals surface area contributed by atoms with Gasteiger partial charge in [0, 0.05) is 0 Å². The highest BCUT2D eigenvalue weighted by Gasteiger charge is 2.15. The number of nitrogens with two attached hydrogens (primary N) is 1. The number of aliphatic carboxylic acids is 1. The molecule has 1 unspecified atom stereocenters. The standard InChI is InChI=1S/C17H23N5O6/c18-12(6-11-4-2-1-3-5-11)17(28)22-9-15(25)20-7-13(23)19-8-14(24)21-10-16(26)27/h1-5,12H,6-10,18H2,(H,19,23)(H,20,25)(H,21,24)(H,22,28)(H,26,27). The summed E-state index contributed by atoms with van der Waals surface area (Å²) in [6, 6.07) is 8.35. The van der Waals surface area contributed by atoms with E-state index in [9.17, 15) is 24.0 Å². The summed E-state index contributed by atoms with van der Waals surface area (Å²) >= 11 is 0. The van der Waals surface area contributed by atoms with Gasteiger partial charge < -0.3 is 32.1 Å². The summed E-state index contributed by atoms with van der Waals surface area (Å²) in [6.07, 6.45) is 0.320. The lowest BCUT2D eigenvalue weighted by atomic mass is 10.1. The third kappa shape index (κ3) is 9.87. The highest BCUT2D eigenvalue weighted by Crippen LogP contribution is 2.01. The van der Waals surface area contributed by atoms with Gasteiger partial charge in [0.2, 0.25) is 23.6 Å². The van der Waals surface area contributed by atoms with E-state index >= 15 is 0 Å². The first-order valence-corrected chi connectivity index (χ1v) is 8.37. The average molecular weight is 393 g/mol. The van der Waals surface area contributed by atoms with Gasteiger partial charge in [0.1, 0.15) is 6.54 Å². The Morgan fingerprint density at radius 2 is 1.25 bits per heavy atom. The average Bonchev–Trinajstić information content (AvgIpc) is 2.67. The molecule has 0 aliphatic rings. The van der Waals surface area contributed by atoms with Gasteiger partial charge in [0.25, 0.3) is 0 Å². The zero-order chi connectivity index (χ0) is 20.9. The number of amides is 4. The Morgan fingerprint density at radius 1 is 0.786 bits per heavy atom. The molecule has 0 radical (unpaired) electrons. The molecule has 0 spiro atoms. The van der Waals surface area contributed by atoms with E-state index in [4.69, 9.17) is 10.8 Å². The smallest absolute Gasteiger partial charge is 0.322 e. The van der Waals surface area contributed by atoms with Crippen molar-refractivity contribution in [3.8, 4) is 0 Å². The topological polar surface area (TPSA) is 180 Å². The van der Waals surface area contributed by atoms with Crippen LogP contribution in [0.2, 0.25) is 0 Å². The largest absolute Gasteiger partial charge is 0.480 e. The Balaban J connectivity index is 2.20. The molecule has 7 N–H and O–H groups in total. The predicted molar refractivity (Wildman–Crippen MR) is 97.8 cm³/mol. The number of carboxylic acid groups (broad SMARTS) is 1. The van der Waals surface area contributed by atoms with Crippen LogP contribution in [0.5, 0.6) is 0 Å². The first kappa shape index (κ1) is 22.6. The van der Waals surface area contributed by atoms with Gasteiger partial charge >= 0.3 is 5.97 Å². The zero-order valence-corrected chi connectivity index (χ0v) is 15.1. The van der Waals surface area contributed by atoms with Gasteiger partial charge in [0.15, 0.2) is 0 Å². The lowest BCUT2D eigenvalue weighted by molar-refractivity contribution is -0.137. The third-order valence-corrected chi connectivity index (χ3v) is 3.39. The van der Waals surface area contributed by atoms with Crippen molar-refractivity contribution in [1.82, 2.24) is 21.3 Å². The van der Waals surface area contributed by atoms with Crippen LogP contribution in [0.15, 0.2) is 30.3 Å². The van der Waals surface area contributed by atoms with Gasteiger partial charge in [-0.05, 0) is 12.0 Å². The van der Waals surface area contributed by atoms with Crippen LogP contribution < -0.4 is 27.0 Å². The number of carbonyl (C=O) groups is 5. The molecule has 0 aliphatic heterocycles. The lowest BCUT2D eigenvalue weighted by Gasteiger charge is -2.12. The maximum atomic E-state index is 11.9. The number of carboxylic acids is 1. The molecule has 11 nitrogen and oxygen atoms in total. The summed E-state index contributed by atoms with van der Waals surface area (Å²) in [7, 11) is 0. The van der Waals surface area contributed by atoms with Crippen LogP contribution >= 0.6 is 0 Å². The minimum Gasteiger partial charge on any atom is -0.480 e. The zero-order valence-electron chi connectivity index (χ0n) is 15.1. The molecule has 0 heterocycles. The van der Waals surface area contributed by atoms with Crippen molar-refractivity contribution in [2.24, 2.45) is 5.73 Å². The molecule has 11 heteroatoms. The second-order valence-electron chi connectivity index (χ2n) is 5.74. The Labute approximate surface area is 161 Å². The van der Waals surface area contributed by atoms with Crippen LogP contribution in [0, 0.1) is 0 Å². The van der Waals surface area contributed by atoms with Gasteiger partial charge in [-0.15, -0.1) is 0 Å². The minimum atomic E-state index is -1.21. The van der Waals surface area contributed by atoms with E-state index in [0.29, 0.717) is 6.42 Å². The Kier molecular flexibility index (Phi) is 9.68. The summed E-state index contributed by atoms with van der Waals surface area (Å²) in [5.74, 6) is -3.64. The van der Waals surface area contributed by atoms with E-state index in [1.165, 1.54) is 0 Å². The van der Waals surface area contributed by atoms with Gasteiger partial charge in [-0.3, -0.25) is 24.0 Å². The molecular formula is C17H23N5O6. The predicted octanol–water partition coefficient (Wildman–Crippen LogP) is -2.89. The fourth-order valence-corrected chi connectivity index (χ4v) is 1.98. The number of rotatable bonds is 11. The second-order valence-corrected chi connectivity index (χ2v) is 5.74. The van der Waals surface area contributed by atoms with Crippen LogP contribution in [0.1, 0.15) is 5.56 Å². The van der Waals surface area contributed by atoms with Gasteiger partial charge in [-0.25, -0.2) is 0 Å².